The van der Waals surface area contributed by atoms with Gasteiger partial charge in [-0.2, -0.15) is 0 Å². The van der Waals surface area contributed by atoms with Gasteiger partial charge in [-0.25, -0.2) is 4.79 Å². The summed E-state index contributed by atoms with van der Waals surface area (Å²) < 4.78 is 5.39. The smallest absolute Gasteiger partial charge is 0.316 e. The molecule has 0 unspecified atom stereocenters. The number of carbonyl (C=O) groups excluding carboxylic acids is 1. The van der Waals surface area contributed by atoms with E-state index in [1.807, 2.05) is 13.0 Å². The van der Waals surface area contributed by atoms with Crippen molar-refractivity contribution >= 4 is 11.7 Å². The number of hydrogen-bond acceptors (Lipinski definition) is 2. The molecule has 1 rings (SSSR count). The average molecular weight is 236 g/mol. The Hall–Kier alpha value is -1.71. The van der Waals surface area contributed by atoms with Gasteiger partial charge in [-0.1, -0.05) is 26.8 Å². The lowest BCUT2D eigenvalue weighted by atomic mass is 9.85. The number of aryl methyl sites for hydroxylation is 1. The standard InChI is InChI=1S/C13H20N2O2/c1-8-6-9(13(2,3)4)11(17-5)10(7-8)15-12(14)16/h6-7H,1-5H3,(H3,14,15,16). The third-order valence-electron chi connectivity index (χ3n) is 2.50. The highest BCUT2D eigenvalue weighted by Crippen LogP contribution is 2.37. The molecule has 0 atom stereocenters. The molecular weight excluding hydrogens is 216 g/mol. The maximum atomic E-state index is 11.0. The number of carbonyl (C=O) groups is 1. The Kier molecular flexibility index (Phi) is 3.66. The van der Waals surface area contributed by atoms with E-state index in [-0.39, 0.29) is 5.41 Å². The van der Waals surface area contributed by atoms with Crippen molar-refractivity contribution < 1.29 is 9.53 Å². The molecule has 2 amide bonds. The predicted molar refractivity (Wildman–Crippen MR) is 69.6 cm³/mol. The largest absolute Gasteiger partial charge is 0.494 e. The van der Waals surface area contributed by atoms with Crippen LogP contribution in [-0.4, -0.2) is 13.1 Å². The first-order valence-corrected chi connectivity index (χ1v) is 5.51. The molecule has 4 heteroatoms. The van der Waals surface area contributed by atoms with Gasteiger partial charge in [0, 0.05) is 5.56 Å². The minimum atomic E-state index is -0.589. The van der Waals surface area contributed by atoms with Crippen LogP contribution in [-0.2, 0) is 5.41 Å². The summed E-state index contributed by atoms with van der Waals surface area (Å²) in [5, 5.41) is 2.59. The van der Waals surface area contributed by atoms with Gasteiger partial charge >= 0.3 is 6.03 Å². The van der Waals surface area contributed by atoms with Crippen molar-refractivity contribution in [2.75, 3.05) is 12.4 Å². The summed E-state index contributed by atoms with van der Waals surface area (Å²) in [7, 11) is 1.59. The molecule has 0 heterocycles. The maximum absolute atomic E-state index is 11.0. The van der Waals surface area contributed by atoms with E-state index >= 15 is 0 Å². The monoisotopic (exact) mass is 236 g/mol. The van der Waals surface area contributed by atoms with Gasteiger partial charge in [-0.15, -0.1) is 0 Å². The second-order valence-corrected chi connectivity index (χ2v) is 5.13. The number of benzene rings is 1. The fourth-order valence-electron chi connectivity index (χ4n) is 1.78. The van der Waals surface area contributed by atoms with Crippen LogP contribution in [0.4, 0.5) is 10.5 Å². The Balaban J connectivity index is 3.40. The summed E-state index contributed by atoms with van der Waals surface area (Å²) in [5.74, 6) is 0.668. The fourth-order valence-corrected chi connectivity index (χ4v) is 1.78. The summed E-state index contributed by atoms with van der Waals surface area (Å²) in [6.45, 7) is 8.26. The Morgan fingerprint density at radius 3 is 2.35 bits per heavy atom. The molecule has 0 fully saturated rings. The van der Waals surface area contributed by atoms with Crippen LogP contribution >= 0.6 is 0 Å². The van der Waals surface area contributed by atoms with Crippen LogP contribution < -0.4 is 15.8 Å². The van der Waals surface area contributed by atoms with Gasteiger partial charge in [-0.05, 0) is 24.0 Å². The van der Waals surface area contributed by atoms with Gasteiger partial charge in [0.1, 0.15) is 5.75 Å². The summed E-state index contributed by atoms with van der Waals surface area (Å²) >= 11 is 0. The first-order valence-electron chi connectivity index (χ1n) is 5.51. The van der Waals surface area contributed by atoms with Crippen molar-refractivity contribution in [1.29, 1.82) is 0 Å². The molecule has 94 valence electrons. The van der Waals surface area contributed by atoms with Crippen LogP contribution in [0.5, 0.6) is 5.75 Å². The summed E-state index contributed by atoms with van der Waals surface area (Å²) in [6.07, 6.45) is 0. The zero-order valence-electron chi connectivity index (χ0n) is 11.0. The third kappa shape index (κ3) is 3.12. The van der Waals surface area contributed by atoms with Crippen LogP contribution in [0.15, 0.2) is 12.1 Å². The highest BCUT2D eigenvalue weighted by atomic mass is 16.5. The predicted octanol–water partition coefficient (Wildman–Crippen LogP) is 2.79. The molecule has 0 radical (unpaired) electrons. The van der Waals surface area contributed by atoms with Crippen LogP contribution in [0.25, 0.3) is 0 Å². The second-order valence-electron chi connectivity index (χ2n) is 5.13. The Morgan fingerprint density at radius 2 is 1.94 bits per heavy atom. The molecule has 0 aliphatic heterocycles. The van der Waals surface area contributed by atoms with Gasteiger partial charge in [-0.3, -0.25) is 0 Å². The molecule has 0 saturated heterocycles. The number of nitrogens with one attached hydrogen (secondary N) is 1. The van der Waals surface area contributed by atoms with E-state index in [0.717, 1.165) is 11.1 Å². The Bertz CT molecular complexity index is 434. The molecule has 0 bridgehead atoms. The zero-order chi connectivity index (χ0) is 13.2. The van der Waals surface area contributed by atoms with Gasteiger partial charge in [0.15, 0.2) is 0 Å². The number of primary amides is 1. The minimum Gasteiger partial charge on any atom is -0.494 e. The molecule has 1 aromatic rings. The van der Waals surface area contributed by atoms with E-state index in [0.29, 0.717) is 11.4 Å². The number of ether oxygens (including phenoxy) is 1. The highest BCUT2D eigenvalue weighted by Gasteiger charge is 2.22. The Labute approximate surface area is 102 Å². The number of urea groups is 1. The van der Waals surface area contributed by atoms with E-state index in [9.17, 15) is 4.79 Å². The average Bonchev–Trinajstić information content (AvgIpc) is 2.14. The molecule has 3 N–H and O–H groups in total. The number of rotatable bonds is 2. The van der Waals surface area contributed by atoms with E-state index in [2.05, 4.69) is 32.2 Å². The summed E-state index contributed by atoms with van der Waals surface area (Å²) in [5.41, 5.74) is 7.80. The lowest BCUT2D eigenvalue weighted by Gasteiger charge is -2.24. The summed E-state index contributed by atoms with van der Waals surface area (Å²) in [4.78, 5) is 11.0. The van der Waals surface area contributed by atoms with Crippen LogP contribution in [0, 0.1) is 6.92 Å². The lowest BCUT2D eigenvalue weighted by Crippen LogP contribution is -2.21. The van der Waals surface area contributed by atoms with Crippen molar-refractivity contribution in [3.05, 3.63) is 23.3 Å². The minimum absolute atomic E-state index is 0.0640. The first kappa shape index (κ1) is 13.4. The van der Waals surface area contributed by atoms with Crippen molar-refractivity contribution in [1.82, 2.24) is 0 Å². The van der Waals surface area contributed by atoms with Gasteiger partial charge < -0.3 is 15.8 Å². The third-order valence-corrected chi connectivity index (χ3v) is 2.50. The number of anilines is 1. The quantitative estimate of drug-likeness (QED) is 0.829. The van der Waals surface area contributed by atoms with Crippen LogP contribution in [0.3, 0.4) is 0 Å². The van der Waals surface area contributed by atoms with Crippen LogP contribution in [0.2, 0.25) is 0 Å². The number of hydrogen-bond donors (Lipinski definition) is 2. The van der Waals surface area contributed by atoms with Crippen LogP contribution in [0.1, 0.15) is 31.9 Å². The highest BCUT2D eigenvalue weighted by molar-refractivity contribution is 5.90. The molecule has 0 aliphatic carbocycles. The molecule has 0 spiro atoms. The zero-order valence-corrected chi connectivity index (χ0v) is 11.0. The van der Waals surface area contributed by atoms with Crippen molar-refractivity contribution in [2.24, 2.45) is 5.73 Å². The maximum Gasteiger partial charge on any atom is 0.316 e. The molecule has 0 aromatic heterocycles. The fraction of sp³-hybridized carbons (Fsp3) is 0.462. The van der Waals surface area contributed by atoms with Gasteiger partial charge in [0.25, 0.3) is 0 Å². The lowest BCUT2D eigenvalue weighted by molar-refractivity contribution is 0.259. The normalized spacial score (nSPS) is 11.1. The molecular formula is C13H20N2O2. The Morgan fingerprint density at radius 1 is 1.35 bits per heavy atom. The number of methoxy groups -OCH3 is 1. The van der Waals surface area contributed by atoms with Crippen molar-refractivity contribution in [3.8, 4) is 5.75 Å². The first-order chi connectivity index (χ1) is 7.75. The molecule has 0 aliphatic rings. The molecule has 0 saturated carbocycles. The molecule has 1 aromatic carbocycles. The number of nitrogens with two attached hydrogens (primary N) is 1. The summed E-state index contributed by atoms with van der Waals surface area (Å²) in [6, 6.07) is 3.32. The van der Waals surface area contributed by atoms with E-state index < -0.39 is 6.03 Å². The van der Waals surface area contributed by atoms with E-state index in [1.165, 1.54) is 0 Å². The topological polar surface area (TPSA) is 64.3 Å². The molecule has 4 nitrogen and oxygen atoms in total. The van der Waals surface area contributed by atoms with Gasteiger partial charge in [0.2, 0.25) is 0 Å². The van der Waals surface area contributed by atoms with E-state index in [4.69, 9.17) is 10.5 Å². The van der Waals surface area contributed by atoms with Crippen molar-refractivity contribution in [2.45, 2.75) is 33.1 Å². The second kappa shape index (κ2) is 4.65. The van der Waals surface area contributed by atoms with Gasteiger partial charge in [0.05, 0.1) is 12.8 Å². The van der Waals surface area contributed by atoms with Crippen molar-refractivity contribution in [3.63, 3.8) is 0 Å². The van der Waals surface area contributed by atoms with E-state index in [1.54, 1.807) is 7.11 Å². The SMILES string of the molecule is COc1c(NC(N)=O)cc(C)cc1C(C)(C)C. The number of amides is 2. The molecule has 17 heavy (non-hydrogen) atoms.